The van der Waals surface area contributed by atoms with Crippen LogP contribution in [-0.2, 0) is 8.85 Å². The molecule has 0 aromatic carbocycles. The lowest BCUT2D eigenvalue weighted by atomic mass is 10.1. The Balaban J connectivity index is 4.38. The van der Waals surface area contributed by atoms with Crippen LogP contribution in [0.25, 0.3) is 0 Å². The van der Waals surface area contributed by atoms with Crippen molar-refractivity contribution in [3.05, 3.63) is 0 Å². The largest absolute Gasteiger partial charge is 0.391 e. The summed E-state index contributed by atoms with van der Waals surface area (Å²) in [6.07, 6.45) is 10.3. The quantitative estimate of drug-likeness (QED) is 0.431. The topological polar surface area (TPSA) is 18.5 Å². The minimum absolute atomic E-state index is 0.403. The molecule has 3 heteroatoms. The third-order valence-corrected chi connectivity index (χ3v) is 5.15. The first-order valence-corrected chi connectivity index (χ1v) is 11.2. The van der Waals surface area contributed by atoms with E-state index in [-0.39, 0.29) is 0 Å². The third kappa shape index (κ3) is 9.64. The molecule has 0 fully saturated rings. The van der Waals surface area contributed by atoms with Crippen molar-refractivity contribution in [2.75, 3.05) is 0 Å². The van der Waals surface area contributed by atoms with Crippen molar-refractivity contribution in [3.63, 3.8) is 0 Å². The Labute approximate surface area is 122 Å². The van der Waals surface area contributed by atoms with Crippen molar-refractivity contribution in [1.82, 2.24) is 0 Å². The fraction of sp³-hybridized carbons (Fsp3) is 1.00. The Morgan fingerprint density at radius 2 is 0.895 bits per heavy atom. The van der Waals surface area contributed by atoms with Crippen LogP contribution in [0.3, 0.4) is 0 Å². The molecule has 0 aliphatic carbocycles. The molecule has 0 amide bonds. The van der Waals surface area contributed by atoms with E-state index in [0.717, 1.165) is 0 Å². The van der Waals surface area contributed by atoms with Gasteiger partial charge in [0.2, 0.25) is 0 Å². The van der Waals surface area contributed by atoms with Gasteiger partial charge >= 0.3 is 8.56 Å². The predicted octanol–water partition coefficient (Wildman–Crippen LogP) is 5.66. The molecule has 0 saturated heterocycles. The van der Waals surface area contributed by atoms with Gasteiger partial charge in [-0.2, -0.15) is 0 Å². The molecular weight excluding hydrogens is 252 g/mol. The van der Waals surface area contributed by atoms with Crippen molar-refractivity contribution in [3.8, 4) is 0 Å². The Kier molecular flexibility index (Phi) is 10.9. The highest BCUT2D eigenvalue weighted by Crippen LogP contribution is 2.21. The lowest BCUT2D eigenvalue weighted by Gasteiger charge is -2.32. The van der Waals surface area contributed by atoms with Crippen LogP contribution in [-0.4, -0.2) is 20.8 Å². The average Bonchev–Trinajstić information content (AvgIpc) is 2.29. The van der Waals surface area contributed by atoms with Crippen molar-refractivity contribution in [1.29, 1.82) is 0 Å². The van der Waals surface area contributed by atoms with E-state index in [1.165, 1.54) is 51.4 Å². The first-order valence-electron chi connectivity index (χ1n) is 8.34. The van der Waals surface area contributed by atoms with Gasteiger partial charge in [-0.3, -0.25) is 0 Å². The maximum absolute atomic E-state index is 6.36. The zero-order valence-electron chi connectivity index (χ0n) is 14.1. The van der Waals surface area contributed by atoms with Gasteiger partial charge in [0.1, 0.15) is 0 Å². The van der Waals surface area contributed by atoms with E-state index in [1.54, 1.807) is 0 Å². The van der Waals surface area contributed by atoms with Crippen molar-refractivity contribution in [2.24, 2.45) is 0 Å². The Hall–Kier alpha value is 0.137. The van der Waals surface area contributed by atoms with Gasteiger partial charge in [0, 0.05) is 12.2 Å². The molecule has 0 N–H and O–H groups in total. The van der Waals surface area contributed by atoms with Crippen molar-refractivity contribution in [2.45, 2.75) is 104 Å². The van der Waals surface area contributed by atoms with Crippen LogP contribution < -0.4 is 0 Å². The van der Waals surface area contributed by atoms with Gasteiger partial charge in [-0.05, 0) is 38.8 Å². The minimum Gasteiger partial charge on any atom is -0.391 e. The normalized spacial score (nSPS) is 12.6. The minimum atomic E-state index is -1.98. The second kappa shape index (κ2) is 10.9. The summed E-state index contributed by atoms with van der Waals surface area (Å²) in [6.45, 7) is 13.4. The molecule has 0 unspecified atom stereocenters. The van der Waals surface area contributed by atoms with Crippen LogP contribution in [0.4, 0.5) is 0 Å². The van der Waals surface area contributed by atoms with E-state index in [1.807, 2.05) is 0 Å². The molecule has 2 nitrogen and oxygen atoms in total. The molecular formula is C16H36O2Si. The fourth-order valence-electron chi connectivity index (χ4n) is 2.64. The molecule has 0 aromatic heterocycles. The molecule has 19 heavy (non-hydrogen) atoms. The highest BCUT2D eigenvalue weighted by atomic mass is 28.4. The SMILES string of the molecule is CCCC(CCC)O[Si](C)(C)OC(CCC)CCC. The summed E-state index contributed by atoms with van der Waals surface area (Å²) >= 11 is 0. The van der Waals surface area contributed by atoms with Gasteiger partial charge in [-0.15, -0.1) is 0 Å². The van der Waals surface area contributed by atoms with E-state index in [4.69, 9.17) is 8.85 Å². The van der Waals surface area contributed by atoms with E-state index in [9.17, 15) is 0 Å². The second-order valence-corrected chi connectivity index (χ2v) is 9.31. The molecule has 0 aliphatic rings. The Morgan fingerprint density at radius 3 is 1.11 bits per heavy atom. The summed E-state index contributed by atoms with van der Waals surface area (Å²) in [4.78, 5) is 0. The highest BCUT2D eigenvalue weighted by Gasteiger charge is 2.31. The lowest BCUT2D eigenvalue weighted by molar-refractivity contribution is 0.0686. The van der Waals surface area contributed by atoms with E-state index in [2.05, 4.69) is 40.8 Å². The summed E-state index contributed by atoms with van der Waals surface area (Å²) < 4.78 is 12.7. The predicted molar refractivity (Wildman–Crippen MR) is 86.9 cm³/mol. The summed E-state index contributed by atoms with van der Waals surface area (Å²) in [7, 11) is -1.98. The Bertz CT molecular complexity index is 175. The summed E-state index contributed by atoms with van der Waals surface area (Å²) in [6, 6.07) is 0. The molecule has 0 bridgehead atoms. The summed E-state index contributed by atoms with van der Waals surface area (Å²) in [5.41, 5.74) is 0. The van der Waals surface area contributed by atoms with Gasteiger partial charge < -0.3 is 8.85 Å². The smallest absolute Gasteiger partial charge is 0.332 e. The van der Waals surface area contributed by atoms with Crippen molar-refractivity contribution < 1.29 is 8.85 Å². The number of hydrogen-bond acceptors (Lipinski definition) is 2. The Morgan fingerprint density at radius 1 is 0.632 bits per heavy atom. The molecule has 0 spiro atoms. The van der Waals surface area contributed by atoms with Gasteiger partial charge in [0.25, 0.3) is 0 Å². The molecule has 0 rings (SSSR count). The van der Waals surface area contributed by atoms with Crippen LogP contribution in [0.5, 0.6) is 0 Å². The standard InChI is InChI=1S/C16H36O2Si/c1-7-11-15(12-8-2)17-19(5,6)18-16(13-9-3)14-10-4/h15-16H,7-14H2,1-6H3. The maximum atomic E-state index is 6.36. The maximum Gasteiger partial charge on any atom is 0.332 e. The highest BCUT2D eigenvalue weighted by molar-refractivity contribution is 6.64. The van der Waals surface area contributed by atoms with Crippen LogP contribution in [0, 0.1) is 0 Å². The van der Waals surface area contributed by atoms with Crippen LogP contribution in [0.1, 0.15) is 79.1 Å². The van der Waals surface area contributed by atoms with Crippen LogP contribution in [0.2, 0.25) is 13.1 Å². The molecule has 0 heterocycles. The monoisotopic (exact) mass is 288 g/mol. The van der Waals surface area contributed by atoms with E-state index >= 15 is 0 Å². The molecule has 0 saturated carbocycles. The lowest BCUT2D eigenvalue weighted by Crippen LogP contribution is -2.42. The fourth-order valence-corrected chi connectivity index (χ4v) is 4.78. The van der Waals surface area contributed by atoms with E-state index < -0.39 is 8.56 Å². The zero-order valence-corrected chi connectivity index (χ0v) is 15.1. The van der Waals surface area contributed by atoms with Gasteiger partial charge in [0.05, 0.1) is 0 Å². The van der Waals surface area contributed by atoms with Gasteiger partial charge in [0.15, 0.2) is 0 Å². The zero-order chi connectivity index (χ0) is 14.7. The second-order valence-electron chi connectivity index (χ2n) is 6.03. The van der Waals surface area contributed by atoms with Crippen LogP contribution >= 0.6 is 0 Å². The molecule has 0 atom stereocenters. The average molecular weight is 289 g/mol. The number of rotatable bonds is 12. The molecule has 0 aliphatic heterocycles. The van der Waals surface area contributed by atoms with Crippen LogP contribution in [0.15, 0.2) is 0 Å². The van der Waals surface area contributed by atoms with Crippen molar-refractivity contribution >= 4 is 8.56 Å². The molecule has 0 radical (unpaired) electrons. The first kappa shape index (κ1) is 19.1. The van der Waals surface area contributed by atoms with E-state index in [0.29, 0.717) is 12.2 Å². The molecule has 0 aromatic rings. The molecule has 116 valence electrons. The third-order valence-electron chi connectivity index (χ3n) is 3.34. The van der Waals surface area contributed by atoms with Gasteiger partial charge in [-0.1, -0.05) is 53.4 Å². The van der Waals surface area contributed by atoms with Gasteiger partial charge in [-0.25, -0.2) is 0 Å². The summed E-state index contributed by atoms with van der Waals surface area (Å²) in [5.74, 6) is 0. The summed E-state index contributed by atoms with van der Waals surface area (Å²) in [5, 5.41) is 0. The first-order chi connectivity index (χ1) is 8.99. The number of hydrogen-bond donors (Lipinski definition) is 0.